The van der Waals surface area contributed by atoms with Gasteiger partial charge in [-0.05, 0) is 68.5 Å². The molecule has 0 saturated heterocycles. The number of hydrogen-bond acceptors (Lipinski definition) is 6. The number of aryl methyl sites for hydroxylation is 2. The quantitative estimate of drug-likeness (QED) is 0.228. The maximum absolute atomic E-state index is 14.1. The summed E-state index contributed by atoms with van der Waals surface area (Å²) in [6, 6.07) is 10.0. The fourth-order valence-electron chi connectivity index (χ4n) is 4.82. The van der Waals surface area contributed by atoms with E-state index in [9.17, 15) is 27.1 Å². The molecule has 0 radical (unpaired) electrons. The van der Waals surface area contributed by atoms with Gasteiger partial charge in [-0.15, -0.1) is 0 Å². The zero-order chi connectivity index (χ0) is 31.0. The van der Waals surface area contributed by atoms with Crippen molar-refractivity contribution in [1.82, 2.24) is 14.8 Å². The van der Waals surface area contributed by atoms with E-state index in [-0.39, 0.29) is 29.9 Å². The highest BCUT2D eigenvalue weighted by atomic mass is 32.2. The smallest absolute Gasteiger partial charge is 0.297 e. The number of carbonyl (C=O) groups excluding carboxylic acids is 1. The van der Waals surface area contributed by atoms with Crippen LogP contribution in [-0.2, 0) is 28.5 Å². The monoisotopic (exact) mass is 596 g/mol. The van der Waals surface area contributed by atoms with Gasteiger partial charge in [-0.1, -0.05) is 18.1 Å². The normalized spacial score (nSPS) is 12.6. The third-order valence-corrected chi connectivity index (χ3v) is 6.86. The van der Waals surface area contributed by atoms with Crippen LogP contribution >= 0.6 is 0 Å². The molecule has 4 aromatic rings. The summed E-state index contributed by atoms with van der Waals surface area (Å²) in [4.78, 5) is 17.0. The number of anilines is 1. The molecule has 0 bridgehead atoms. The molecule has 2 heterocycles. The summed E-state index contributed by atoms with van der Waals surface area (Å²) in [5, 5.41) is 20.1. The SMILES string of the molecule is Cc1ccc(-c2ccc(C#CC(C)(C)O)nc2[C@H](CC(N)=O)Cc2cc(F)cc(F)c2)c2c1c(NS(N)(=O)=O)nn2C. The van der Waals surface area contributed by atoms with Crippen LogP contribution in [0.2, 0.25) is 0 Å². The number of pyridine rings is 1. The Morgan fingerprint density at radius 2 is 1.79 bits per heavy atom. The van der Waals surface area contributed by atoms with Crippen LogP contribution in [0.5, 0.6) is 0 Å². The average Bonchev–Trinajstić information content (AvgIpc) is 3.16. The van der Waals surface area contributed by atoms with Gasteiger partial charge in [0.15, 0.2) is 5.82 Å². The number of primary amides is 1. The topological polar surface area (TPSA) is 166 Å². The Hall–Kier alpha value is -4.38. The standard InChI is InChI=1S/C29H30F2N6O4S/c1-16-5-7-23(27-25(16)28(35-37(27)4)36-42(33,40)41)22-8-6-21(9-10-29(2,3)39)34-26(22)18(14-24(32)38)11-17-12-19(30)15-20(31)13-17/h5-8,12-13,15,18,39H,11,14H2,1-4H3,(H2,32,38)(H,35,36)(H2,33,40,41)/t18-/m0/s1. The molecule has 42 heavy (non-hydrogen) atoms. The summed E-state index contributed by atoms with van der Waals surface area (Å²) in [5.74, 6) is 2.61. The van der Waals surface area contributed by atoms with Crippen LogP contribution in [0.4, 0.5) is 14.6 Å². The van der Waals surface area contributed by atoms with Gasteiger partial charge in [-0.3, -0.25) is 14.2 Å². The van der Waals surface area contributed by atoms with Crippen molar-refractivity contribution < 1.29 is 27.1 Å². The molecule has 4 rings (SSSR count). The van der Waals surface area contributed by atoms with Crippen molar-refractivity contribution in [2.45, 2.75) is 45.1 Å². The second kappa shape index (κ2) is 11.5. The predicted molar refractivity (Wildman–Crippen MR) is 155 cm³/mol. The molecular weight excluding hydrogens is 566 g/mol. The van der Waals surface area contributed by atoms with Crippen LogP contribution in [0.15, 0.2) is 42.5 Å². The van der Waals surface area contributed by atoms with Crippen molar-refractivity contribution in [3.63, 3.8) is 0 Å². The lowest BCUT2D eigenvalue weighted by Gasteiger charge is -2.20. The molecule has 0 saturated carbocycles. The predicted octanol–water partition coefficient (Wildman–Crippen LogP) is 3.16. The molecular formula is C29H30F2N6O4S. The van der Waals surface area contributed by atoms with Crippen LogP contribution < -0.4 is 15.6 Å². The van der Waals surface area contributed by atoms with Crippen LogP contribution in [0.1, 0.15) is 48.7 Å². The minimum absolute atomic E-state index is 0.0125. The number of nitrogens with two attached hydrogens (primary N) is 2. The van der Waals surface area contributed by atoms with Crippen molar-refractivity contribution in [3.05, 3.63) is 76.6 Å². The molecule has 0 fully saturated rings. The molecule has 220 valence electrons. The first-order valence-corrected chi connectivity index (χ1v) is 14.3. The molecule has 0 spiro atoms. The molecule has 0 aliphatic rings. The Morgan fingerprint density at radius 3 is 2.38 bits per heavy atom. The summed E-state index contributed by atoms with van der Waals surface area (Å²) < 4.78 is 55.6. The van der Waals surface area contributed by atoms with Crippen LogP contribution in [-0.4, -0.2) is 39.8 Å². The maximum atomic E-state index is 14.1. The van der Waals surface area contributed by atoms with Crippen molar-refractivity contribution in [2.75, 3.05) is 4.72 Å². The molecule has 1 atom stereocenters. The highest BCUT2D eigenvalue weighted by Gasteiger charge is 2.25. The van der Waals surface area contributed by atoms with E-state index < -0.39 is 39.3 Å². The lowest BCUT2D eigenvalue weighted by molar-refractivity contribution is -0.118. The Morgan fingerprint density at radius 1 is 1.14 bits per heavy atom. The summed E-state index contributed by atoms with van der Waals surface area (Å²) in [6.07, 6.45) is -0.197. The van der Waals surface area contributed by atoms with Crippen molar-refractivity contribution in [2.24, 2.45) is 17.9 Å². The number of nitrogens with zero attached hydrogens (tertiary/aromatic N) is 3. The Kier molecular flexibility index (Phi) is 8.36. The number of carbonyl (C=O) groups is 1. The average molecular weight is 597 g/mol. The van der Waals surface area contributed by atoms with Crippen LogP contribution in [0.3, 0.4) is 0 Å². The van der Waals surface area contributed by atoms with Gasteiger partial charge in [0.05, 0.1) is 11.2 Å². The van der Waals surface area contributed by atoms with Gasteiger partial charge in [0.25, 0.3) is 10.2 Å². The number of benzene rings is 2. The summed E-state index contributed by atoms with van der Waals surface area (Å²) >= 11 is 0. The fourth-order valence-corrected chi connectivity index (χ4v) is 5.24. The second-order valence-electron chi connectivity index (χ2n) is 10.6. The zero-order valence-corrected chi connectivity index (χ0v) is 24.2. The van der Waals surface area contributed by atoms with Gasteiger partial charge in [0, 0.05) is 42.0 Å². The van der Waals surface area contributed by atoms with Gasteiger partial charge in [0.2, 0.25) is 5.91 Å². The molecule has 2 aromatic heterocycles. The number of aliphatic hydroxyl groups is 1. The van der Waals surface area contributed by atoms with Gasteiger partial charge >= 0.3 is 0 Å². The molecule has 0 unspecified atom stereocenters. The first kappa shape index (κ1) is 30.6. The summed E-state index contributed by atoms with van der Waals surface area (Å²) in [7, 11) is -2.51. The van der Waals surface area contributed by atoms with E-state index in [2.05, 4.69) is 21.7 Å². The number of halogens is 2. The number of fused-ring (bicyclic) bond motifs is 1. The lowest BCUT2D eigenvalue weighted by Crippen LogP contribution is -2.22. The molecule has 1 amide bonds. The third-order valence-electron chi connectivity index (χ3n) is 6.39. The molecule has 0 aliphatic carbocycles. The minimum atomic E-state index is -4.14. The molecule has 2 aromatic carbocycles. The van der Waals surface area contributed by atoms with E-state index in [0.717, 1.165) is 6.07 Å². The Labute approximate surface area is 241 Å². The van der Waals surface area contributed by atoms with Crippen LogP contribution in [0, 0.1) is 30.4 Å². The Balaban J connectivity index is 2.00. The number of nitrogens with one attached hydrogen (secondary N) is 1. The van der Waals surface area contributed by atoms with Gasteiger partial charge < -0.3 is 10.8 Å². The molecule has 0 aliphatic heterocycles. The van der Waals surface area contributed by atoms with E-state index in [4.69, 9.17) is 15.9 Å². The summed E-state index contributed by atoms with van der Waals surface area (Å²) in [5.41, 5.74) is 7.58. The van der Waals surface area contributed by atoms with Crippen LogP contribution in [0.25, 0.3) is 22.0 Å². The fraction of sp³-hybridized carbons (Fsp3) is 0.276. The number of amides is 1. The van der Waals surface area contributed by atoms with Crippen molar-refractivity contribution >= 4 is 32.8 Å². The second-order valence-corrected chi connectivity index (χ2v) is 11.9. The highest BCUT2D eigenvalue weighted by molar-refractivity contribution is 7.90. The largest absolute Gasteiger partial charge is 0.378 e. The van der Waals surface area contributed by atoms with Gasteiger partial charge in [-0.25, -0.2) is 18.9 Å². The van der Waals surface area contributed by atoms with Crippen molar-refractivity contribution in [1.29, 1.82) is 0 Å². The number of rotatable bonds is 8. The lowest BCUT2D eigenvalue weighted by atomic mass is 9.87. The molecule has 13 heteroatoms. The zero-order valence-electron chi connectivity index (χ0n) is 23.4. The van der Waals surface area contributed by atoms with Gasteiger partial charge in [0.1, 0.15) is 22.9 Å². The molecule has 10 nitrogen and oxygen atoms in total. The molecule has 6 N–H and O–H groups in total. The van der Waals surface area contributed by atoms with E-state index in [0.29, 0.717) is 33.3 Å². The Bertz CT molecular complexity index is 1850. The summed E-state index contributed by atoms with van der Waals surface area (Å²) in [6.45, 7) is 4.82. The van der Waals surface area contributed by atoms with Gasteiger partial charge in [-0.2, -0.15) is 13.5 Å². The first-order valence-electron chi connectivity index (χ1n) is 12.8. The van der Waals surface area contributed by atoms with E-state index in [1.807, 2.05) is 0 Å². The highest BCUT2D eigenvalue weighted by Crippen LogP contribution is 2.39. The third kappa shape index (κ3) is 7.27. The number of aromatic nitrogens is 3. The van der Waals surface area contributed by atoms with E-state index in [1.54, 1.807) is 38.2 Å². The maximum Gasteiger partial charge on any atom is 0.297 e. The van der Waals surface area contributed by atoms with E-state index >= 15 is 0 Å². The number of hydrogen-bond donors (Lipinski definition) is 4. The first-order chi connectivity index (χ1) is 19.5. The minimum Gasteiger partial charge on any atom is -0.378 e. The van der Waals surface area contributed by atoms with E-state index in [1.165, 1.54) is 30.7 Å². The van der Waals surface area contributed by atoms with Crippen molar-refractivity contribution in [3.8, 4) is 23.0 Å².